The van der Waals surface area contributed by atoms with Crippen molar-refractivity contribution in [3.8, 4) is 0 Å². The second-order valence-electron chi connectivity index (χ2n) is 2.70. The molecule has 1 aliphatic rings. The van der Waals surface area contributed by atoms with Crippen LogP contribution in [-0.2, 0) is 9.59 Å². The average Bonchev–Trinajstić information content (AvgIpc) is 2.16. The Bertz CT molecular complexity index is 366. The van der Waals surface area contributed by atoms with Crippen LogP contribution in [0.15, 0.2) is 22.9 Å². The highest BCUT2D eigenvalue weighted by molar-refractivity contribution is 6.01. The lowest BCUT2D eigenvalue weighted by molar-refractivity contribution is -0.428. The first kappa shape index (κ1) is 10.1. The van der Waals surface area contributed by atoms with Crippen LogP contribution in [0.3, 0.4) is 0 Å². The number of nitro groups is 1. The second-order valence-corrected chi connectivity index (χ2v) is 2.70. The molecular formula is C8H7NO5. The summed E-state index contributed by atoms with van der Waals surface area (Å²) in [5, 5.41) is 19.2. The quantitative estimate of drug-likeness (QED) is 0.404. The van der Waals surface area contributed by atoms with E-state index in [1.54, 1.807) is 0 Å². The van der Waals surface area contributed by atoms with Gasteiger partial charge in [0.25, 0.3) is 5.70 Å². The first-order chi connectivity index (χ1) is 6.57. The van der Waals surface area contributed by atoms with Crippen molar-refractivity contribution in [2.75, 3.05) is 0 Å². The van der Waals surface area contributed by atoms with Gasteiger partial charge in [-0.1, -0.05) is 6.08 Å². The van der Waals surface area contributed by atoms with E-state index in [4.69, 9.17) is 5.11 Å². The van der Waals surface area contributed by atoms with Gasteiger partial charge in [-0.25, -0.2) is 4.79 Å². The van der Waals surface area contributed by atoms with Gasteiger partial charge in [0.05, 0.1) is 4.92 Å². The molecule has 1 rings (SSSR count). The third-order valence-electron chi connectivity index (χ3n) is 1.88. The van der Waals surface area contributed by atoms with Gasteiger partial charge >= 0.3 is 5.97 Å². The molecule has 6 heteroatoms. The molecular weight excluding hydrogens is 190 g/mol. The summed E-state index contributed by atoms with van der Waals surface area (Å²) in [6, 6.07) is 0. The maximum absolute atomic E-state index is 10.7. The number of carbonyl (C=O) groups is 2. The Morgan fingerprint density at radius 2 is 2.29 bits per heavy atom. The smallest absolute Gasteiger partial charge is 0.343 e. The standard InChI is InChI=1S/C8H7NO5/c10-4-5-2-1-3-6(9(13)14)7(5)8(11)12/h2,4H,1,3H2,(H,11,12). The predicted octanol–water partition coefficient (Wildman–Crippen LogP) is 0.521. The van der Waals surface area contributed by atoms with Crippen LogP contribution >= 0.6 is 0 Å². The van der Waals surface area contributed by atoms with Gasteiger partial charge in [-0.2, -0.15) is 0 Å². The Morgan fingerprint density at radius 3 is 2.71 bits per heavy atom. The van der Waals surface area contributed by atoms with Gasteiger partial charge in [0, 0.05) is 12.0 Å². The molecule has 0 unspecified atom stereocenters. The summed E-state index contributed by atoms with van der Waals surface area (Å²) in [6.45, 7) is 0. The van der Waals surface area contributed by atoms with E-state index in [-0.39, 0.29) is 12.0 Å². The molecule has 0 spiro atoms. The molecule has 0 aliphatic heterocycles. The van der Waals surface area contributed by atoms with Crippen molar-refractivity contribution in [2.45, 2.75) is 12.8 Å². The fourth-order valence-corrected chi connectivity index (χ4v) is 1.29. The van der Waals surface area contributed by atoms with Crippen LogP contribution in [0.5, 0.6) is 0 Å². The highest BCUT2D eigenvalue weighted by Gasteiger charge is 2.29. The van der Waals surface area contributed by atoms with E-state index in [9.17, 15) is 19.7 Å². The molecule has 0 atom stereocenters. The molecule has 1 N–H and O–H groups in total. The number of hydrogen-bond acceptors (Lipinski definition) is 4. The summed E-state index contributed by atoms with van der Waals surface area (Å²) in [6.07, 6.45) is 2.09. The molecule has 0 aromatic rings. The Morgan fingerprint density at radius 1 is 1.64 bits per heavy atom. The number of aliphatic carboxylic acids is 1. The van der Waals surface area contributed by atoms with Gasteiger partial charge in [0.2, 0.25) is 0 Å². The Balaban J connectivity index is 3.28. The molecule has 14 heavy (non-hydrogen) atoms. The number of hydrogen-bond donors (Lipinski definition) is 1. The number of rotatable bonds is 3. The van der Waals surface area contributed by atoms with Gasteiger partial charge < -0.3 is 5.11 Å². The number of nitrogens with zero attached hydrogens (tertiary/aromatic N) is 1. The zero-order chi connectivity index (χ0) is 10.7. The maximum Gasteiger partial charge on any atom is 0.343 e. The summed E-state index contributed by atoms with van der Waals surface area (Å²) in [5.41, 5.74) is -1.01. The van der Waals surface area contributed by atoms with Crippen LogP contribution in [0.2, 0.25) is 0 Å². The van der Waals surface area contributed by atoms with E-state index in [0.717, 1.165) is 0 Å². The van der Waals surface area contributed by atoms with Gasteiger partial charge in [0.1, 0.15) is 5.57 Å². The monoisotopic (exact) mass is 197 g/mol. The van der Waals surface area contributed by atoms with E-state index >= 15 is 0 Å². The van der Waals surface area contributed by atoms with Crippen LogP contribution in [0.1, 0.15) is 12.8 Å². The Kier molecular flexibility index (Phi) is 2.76. The van der Waals surface area contributed by atoms with Crippen LogP contribution < -0.4 is 0 Å². The lowest BCUT2D eigenvalue weighted by Gasteiger charge is -2.08. The molecule has 0 amide bonds. The minimum atomic E-state index is -1.44. The van der Waals surface area contributed by atoms with Crippen LogP contribution in [0.4, 0.5) is 0 Å². The highest BCUT2D eigenvalue weighted by Crippen LogP contribution is 2.24. The third kappa shape index (κ3) is 1.68. The topological polar surface area (TPSA) is 97.5 Å². The molecule has 0 saturated heterocycles. The van der Waals surface area contributed by atoms with E-state index in [1.165, 1.54) is 6.08 Å². The first-order valence-electron chi connectivity index (χ1n) is 3.84. The fraction of sp³-hybridized carbons (Fsp3) is 0.250. The summed E-state index contributed by atoms with van der Waals surface area (Å²) in [7, 11) is 0. The molecule has 0 aromatic carbocycles. The number of aldehydes is 1. The van der Waals surface area contributed by atoms with Crippen molar-refractivity contribution in [1.29, 1.82) is 0 Å². The SMILES string of the molecule is O=CC1=CCCC([N+](=O)[O-])=C1C(=O)O. The number of carbonyl (C=O) groups excluding carboxylic acids is 1. The summed E-state index contributed by atoms with van der Waals surface area (Å²) in [5.74, 6) is -1.44. The predicted molar refractivity (Wildman–Crippen MR) is 45.0 cm³/mol. The molecule has 0 bridgehead atoms. The zero-order valence-electron chi connectivity index (χ0n) is 7.10. The molecule has 74 valence electrons. The third-order valence-corrected chi connectivity index (χ3v) is 1.88. The normalized spacial score (nSPS) is 16.1. The average molecular weight is 197 g/mol. The molecule has 0 fully saturated rings. The van der Waals surface area contributed by atoms with Crippen molar-refractivity contribution in [3.63, 3.8) is 0 Å². The highest BCUT2D eigenvalue weighted by atomic mass is 16.6. The van der Waals surface area contributed by atoms with E-state index in [2.05, 4.69) is 0 Å². The van der Waals surface area contributed by atoms with Crippen molar-refractivity contribution in [3.05, 3.63) is 33.0 Å². The minimum Gasteiger partial charge on any atom is -0.477 e. The number of carboxylic acids is 1. The summed E-state index contributed by atoms with van der Waals surface area (Å²) in [4.78, 5) is 30.9. The molecule has 6 nitrogen and oxygen atoms in total. The van der Waals surface area contributed by atoms with Crippen LogP contribution in [0.25, 0.3) is 0 Å². The summed E-state index contributed by atoms with van der Waals surface area (Å²) >= 11 is 0. The fourth-order valence-electron chi connectivity index (χ4n) is 1.29. The molecule has 0 aromatic heterocycles. The largest absolute Gasteiger partial charge is 0.477 e. The molecule has 0 radical (unpaired) electrons. The molecule has 0 saturated carbocycles. The first-order valence-corrected chi connectivity index (χ1v) is 3.84. The Labute approximate surface area is 78.7 Å². The second kappa shape index (κ2) is 3.82. The van der Waals surface area contributed by atoms with E-state index in [1.807, 2.05) is 0 Å². The van der Waals surface area contributed by atoms with Crippen molar-refractivity contribution >= 4 is 12.3 Å². The minimum absolute atomic E-state index is 0.0476. The lowest BCUT2D eigenvalue weighted by atomic mass is 9.96. The summed E-state index contributed by atoms with van der Waals surface area (Å²) < 4.78 is 0. The van der Waals surface area contributed by atoms with E-state index < -0.39 is 22.2 Å². The van der Waals surface area contributed by atoms with Crippen LogP contribution in [0, 0.1) is 10.1 Å². The number of allylic oxidation sites excluding steroid dienone is 2. The van der Waals surface area contributed by atoms with E-state index in [0.29, 0.717) is 12.7 Å². The van der Waals surface area contributed by atoms with Gasteiger partial charge in [0.15, 0.2) is 6.29 Å². The molecule has 1 aliphatic carbocycles. The maximum atomic E-state index is 10.7. The molecule has 0 heterocycles. The number of carboxylic acid groups (broad SMARTS) is 1. The van der Waals surface area contributed by atoms with Crippen molar-refractivity contribution < 1.29 is 19.6 Å². The van der Waals surface area contributed by atoms with Crippen molar-refractivity contribution in [2.24, 2.45) is 0 Å². The Hall–Kier alpha value is -1.98. The zero-order valence-corrected chi connectivity index (χ0v) is 7.10. The van der Waals surface area contributed by atoms with Crippen molar-refractivity contribution in [1.82, 2.24) is 0 Å². The van der Waals surface area contributed by atoms with Gasteiger partial charge in [-0.05, 0) is 6.42 Å². The van der Waals surface area contributed by atoms with Gasteiger partial charge in [-0.3, -0.25) is 14.9 Å². The van der Waals surface area contributed by atoms with Crippen LogP contribution in [-0.4, -0.2) is 22.3 Å². The van der Waals surface area contributed by atoms with Gasteiger partial charge in [-0.15, -0.1) is 0 Å². The lowest BCUT2D eigenvalue weighted by Crippen LogP contribution is -2.16.